The van der Waals surface area contributed by atoms with E-state index in [2.05, 4.69) is 42.1 Å². The molecule has 3 heterocycles. The molecule has 32 heavy (non-hydrogen) atoms. The van der Waals surface area contributed by atoms with Crippen LogP contribution in [0.4, 0.5) is 0 Å². The van der Waals surface area contributed by atoms with Crippen LogP contribution in [0.15, 0.2) is 41.8 Å². The van der Waals surface area contributed by atoms with Gasteiger partial charge in [0.1, 0.15) is 16.8 Å². The highest BCUT2D eigenvalue weighted by Crippen LogP contribution is 2.48. The molecule has 9 heteroatoms. The Morgan fingerprint density at radius 1 is 1.28 bits per heavy atom. The summed E-state index contributed by atoms with van der Waals surface area (Å²) in [5.74, 6) is -0.138. The molecule has 1 atom stereocenters. The standard InChI is InChI=1S/C21H21ClN6O.C2H6O/c1-11-14(18(22)28(27-11)12-8-6-5-7-9-12)15-13(10-23)19(24)29-20-16(15)17(25-26-20)21(2,3)4;1-2-3/h5-9,15H,24H2,1-4H3,(H,25,26);3H,2H2,1H3. The SMILES string of the molecule is CCO.Cc1nn(-c2ccccc2)c(Cl)c1C1C(C#N)=C(N)Oc2n[nH]c(C(C)(C)C)c21. The zero-order valence-electron chi connectivity index (χ0n) is 18.8. The van der Waals surface area contributed by atoms with Crippen LogP contribution in [0.2, 0.25) is 5.15 Å². The minimum atomic E-state index is -0.526. The monoisotopic (exact) mass is 454 g/mol. The molecule has 0 amide bonds. The fourth-order valence-electron chi connectivity index (χ4n) is 3.68. The summed E-state index contributed by atoms with van der Waals surface area (Å²) in [4.78, 5) is 0. The molecule has 0 saturated carbocycles. The summed E-state index contributed by atoms with van der Waals surface area (Å²) in [7, 11) is 0. The van der Waals surface area contributed by atoms with Crippen LogP contribution in [0.5, 0.6) is 5.88 Å². The van der Waals surface area contributed by atoms with Crippen LogP contribution >= 0.6 is 11.6 Å². The Bertz CT molecular complexity index is 1180. The summed E-state index contributed by atoms with van der Waals surface area (Å²) in [5, 5.41) is 29.9. The van der Waals surface area contributed by atoms with Gasteiger partial charge in [0.2, 0.25) is 11.8 Å². The van der Waals surface area contributed by atoms with E-state index in [-0.39, 0.29) is 17.9 Å². The number of aromatic amines is 1. The summed E-state index contributed by atoms with van der Waals surface area (Å²) in [5.41, 5.74) is 9.99. The van der Waals surface area contributed by atoms with Gasteiger partial charge in [0.15, 0.2) is 0 Å². The molecular weight excluding hydrogens is 428 g/mol. The Balaban J connectivity index is 0.000000913. The van der Waals surface area contributed by atoms with Gasteiger partial charge in [-0.2, -0.15) is 10.4 Å². The smallest absolute Gasteiger partial charge is 0.244 e. The number of aliphatic hydroxyl groups is 1. The topological polar surface area (TPSA) is 126 Å². The van der Waals surface area contributed by atoms with Crippen molar-refractivity contribution >= 4 is 11.6 Å². The van der Waals surface area contributed by atoms with Gasteiger partial charge in [-0.15, -0.1) is 5.10 Å². The van der Waals surface area contributed by atoms with Crippen LogP contribution in [-0.2, 0) is 5.41 Å². The van der Waals surface area contributed by atoms with Gasteiger partial charge in [0.05, 0.1) is 22.9 Å². The van der Waals surface area contributed by atoms with Gasteiger partial charge in [0.25, 0.3) is 0 Å². The number of hydrogen-bond acceptors (Lipinski definition) is 6. The molecule has 8 nitrogen and oxygen atoms in total. The second kappa shape index (κ2) is 9.07. The zero-order valence-corrected chi connectivity index (χ0v) is 19.5. The van der Waals surface area contributed by atoms with Crippen molar-refractivity contribution in [2.24, 2.45) is 5.73 Å². The van der Waals surface area contributed by atoms with Crippen LogP contribution in [0.25, 0.3) is 5.69 Å². The highest BCUT2D eigenvalue weighted by atomic mass is 35.5. The average Bonchev–Trinajstić information content (AvgIpc) is 3.29. The Kier molecular flexibility index (Phi) is 6.63. The van der Waals surface area contributed by atoms with Crippen molar-refractivity contribution in [3.05, 3.63) is 69.5 Å². The maximum atomic E-state index is 9.89. The molecule has 1 aromatic carbocycles. The van der Waals surface area contributed by atoms with Gasteiger partial charge < -0.3 is 15.6 Å². The first-order valence-electron chi connectivity index (χ1n) is 10.2. The molecule has 0 fully saturated rings. The maximum absolute atomic E-state index is 9.89. The van der Waals surface area contributed by atoms with Crippen molar-refractivity contribution in [2.75, 3.05) is 6.61 Å². The van der Waals surface area contributed by atoms with Gasteiger partial charge in [-0.05, 0) is 26.0 Å². The third kappa shape index (κ3) is 4.09. The fourth-order valence-corrected chi connectivity index (χ4v) is 4.07. The fraction of sp³-hybridized carbons (Fsp3) is 0.348. The normalized spacial score (nSPS) is 15.4. The third-order valence-corrected chi connectivity index (χ3v) is 5.39. The second-order valence-electron chi connectivity index (χ2n) is 8.35. The number of nitrogens with two attached hydrogens (primary N) is 1. The van der Waals surface area contributed by atoms with E-state index in [1.54, 1.807) is 11.6 Å². The third-order valence-electron chi connectivity index (χ3n) is 5.03. The summed E-state index contributed by atoms with van der Waals surface area (Å²) in [6.45, 7) is 9.99. The average molecular weight is 455 g/mol. The molecule has 168 valence electrons. The van der Waals surface area contributed by atoms with E-state index in [0.717, 1.165) is 16.9 Å². The minimum absolute atomic E-state index is 0.0277. The number of hydrogen-bond donors (Lipinski definition) is 3. The highest BCUT2D eigenvalue weighted by molar-refractivity contribution is 6.30. The number of halogens is 1. The van der Waals surface area contributed by atoms with E-state index < -0.39 is 5.92 Å². The van der Waals surface area contributed by atoms with Gasteiger partial charge in [0, 0.05) is 23.3 Å². The molecule has 0 saturated heterocycles. The predicted octanol–water partition coefficient (Wildman–Crippen LogP) is 4.07. The number of aromatic nitrogens is 4. The Morgan fingerprint density at radius 2 is 1.91 bits per heavy atom. The molecule has 0 radical (unpaired) electrons. The van der Waals surface area contributed by atoms with E-state index >= 15 is 0 Å². The molecule has 1 unspecified atom stereocenters. The van der Waals surface area contributed by atoms with Crippen LogP contribution < -0.4 is 10.5 Å². The van der Waals surface area contributed by atoms with E-state index in [1.165, 1.54) is 0 Å². The van der Waals surface area contributed by atoms with Crippen LogP contribution in [0.3, 0.4) is 0 Å². The van der Waals surface area contributed by atoms with Crippen molar-refractivity contribution in [3.63, 3.8) is 0 Å². The van der Waals surface area contributed by atoms with Gasteiger partial charge in [-0.3, -0.25) is 5.10 Å². The summed E-state index contributed by atoms with van der Waals surface area (Å²) in [6.07, 6.45) is 0. The molecule has 4 N–H and O–H groups in total. The number of H-pyrrole nitrogens is 1. The molecular formula is C23H27ClN6O2. The molecule has 3 aromatic rings. The Morgan fingerprint density at radius 3 is 2.47 bits per heavy atom. The van der Waals surface area contributed by atoms with Gasteiger partial charge in [-0.1, -0.05) is 50.6 Å². The maximum Gasteiger partial charge on any atom is 0.244 e. The highest BCUT2D eigenvalue weighted by Gasteiger charge is 2.40. The van der Waals surface area contributed by atoms with Crippen LogP contribution in [0.1, 0.15) is 56.1 Å². The summed E-state index contributed by atoms with van der Waals surface area (Å²) >= 11 is 6.82. The number of para-hydroxylation sites is 1. The number of aliphatic hydroxyl groups excluding tert-OH is 1. The number of nitrogens with zero attached hydrogens (tertiary/aromatic N) is 4. The lowest BCUT2D eigenvalue weighted by atomic mass is 9.79. The number of nitriles is 1. The first-order chi connectivity index (χ1) is 15.1. The van der Waals surface area contributed by atoms with Gasteiger partial charge >= 0.3 is 0 Å². The molecule has 4 rings (SSSR count). The minimum Gasteiger partial charge on any atom is -0.420 e. The molecule has 1 aliphatic rings. The van der Waals surface area contributed by atoms with E-state index in [1.807, 2.05) is 37.3 Å². The number of fused-ring (bicyclic) bond motifs is 1. The Hall–Kier alpha value is -3.28. The number of allylic oxidation sites excluding steroid dienone is 1. The largest absolute Gasteiger partial charge is 0.420 e. The number of ether oxygens (including phenoxy) is 1. The lowest BCUT2D eigenvalue weighted by Gasteiger charge is -2.27. The Labute approximate surface area is 192 Å². The molecule has 0 aliphatic carbocycles. The van der Waals surface area contributed by atoms with Crippen molar-refractivity contribution in [1.29, 1.82) is 5.26 Å². The first kappa shape index (κ1) is 23.4. The van der Waals surface area contributed by atoms with Crippen molar-refractivity contribution in [1.82, 2.24) is 20.0 Å². The van der Waals surface area contributed by atoms with Crippen molar-refractivity contribution in [3.8, 4) is 17.6 Å². The number of benzene rings is 1. The van der Waals surface area contributed by atoms with Crippen LogP contribution in [0, 0.1) is 18.3 Å². The zero-order chi connectivity index (χ0) is 23.6. The van der Waals surface area contributed by atoms with Crippen LogP contribution in [-0.4, -0.2) is 31.7 Å². The number of aryl methyl sites for hydroxylation is 1. The molecule has 0 spiro atoms. The summed E-state index contributed by atoms with van der Waals surface area (Å²) in [6, 6.07) is 11.8. The van der Waals surface area contributed by atoms with Crippen molar-refractivity contribution in [2.45, 2.75) is 46.0 Å². The summed E-state index contributed by atoms with van der Waals surface area (Å²) < 4.78 is 7.33. The quantitative estimate of drug-likeness (QED) is 0.535. The number of nitrogens with one attached hydrogen (secondary N) is 1. The number of rotatable bonds is 2. The lowest BCUT2D eigenvalue weighted by Crippen LogP contribution is -2.24. The van der Waals surface area contributed by atoms with Gasteiger partial charge in [-0.25, -0.2) is 4.68 Å². The molecule has 1 aliphatic heterocycles. The lowest BCUT2D eigenvalue weighted by molar-refractivity contribution is 0.318. The van der Waals surface area contributed by atoms with E-state index in [4.69, 9.17) is 27.2 Å². The predicted molar refractivity (Wildman–Crippen MR) is 123 cm³/mol. The van der Waals surface area contributed by atoms with E-state index in [9.17, 15) is 5.26 Å². The first-order valence-corrected chi connectivity index (χ1v) is 10.6. The van der Waals surface area contributed by atoms with E-state index in [0.29, 0.717) is 27.9 Å². The molecule has 2 aromatic heterocycles. The van der Waals surface area contributed by atoms with Crippen molar-refractivity contribution < 1.29 is 9.84 Å². The second-order valence-corrected chi connectivity index (χ2v) is 8.70. The molecule has 0 bridgehead atoms.